The molecular formula is C19H23ClN2O3S. The van der Waals surface area contributed by atoms with Crippen LogP contribution in [0.4, 0.5) is 5.69 Å². The van der Waals surface area contributed by atoms with Crippen LogP contribution in [-0.4, -0.2) is 20.4 Å². The number of carbonyl (C=O) groups is 1. The zero-order valence-corrected chi connectivity index (χ0v) is 16.8. The van der Waals surface area contributed by atoms with Crippen molar-refractivity contribution in [3.63, 3.8) is 0 Å². The van der Waals surface area contributed by atoms with Gasteiger partial charge in [0.1, 0.15) is 0 Å². The first-order valence-corrected chi connectivity index (χ1v) is 10.2. The van der Waals surface area contributed by atoms with E-state index in [0.717, 1.165) is 11.1 Å². The van der Waals surface area contributed by atoms with Gasteiger partial charge in [0, 0.05) is 11.6 Å². The Morgan fingerprint density at radius 1 is 1.15 bits per heavy atom. The van der Waals surface area contributed by atoms with Crippen molar-refractivity contribution in [2.24, 2.45) is 0 Å². The van der Waals surface area contributed by atoms with E-state index in [1.807, 2.05) is 26.8 Å². The SMILES string of the molecule is CC[C@@H](C)NS(=O)(=O)c1ccc(C(=O)Nc2c(C)cc(C)cc2Cl)cc1. The number of nitrogens with one attached hydrogen (secondary N) is 2. The zero-order valence-electron chi connectivity index (χ0n) is 15.3. The largest absolute Gasteiger partial charge is 0.320 e. The van der Waals surface area contributed by atoms with Crippen molar-refractivity contribution in [1.82, 2.24) is 4.72 Å². The highest BCUT2D eigenvalue weighted by Crippen LogP contribution is 2.27. The molecule has 0 aliphatic heterocycles. The second-order valence-corrected chi connectivity index (χ2v) is 8.47. The molecule has 7 heteroatoms. The summed E-state index contributed by atoms with van der Waals surface area (Å²) in [6.45, 7) is 7.49. The number of hydrogen-bond acceptors (Lipinski definition) is 3. The second kappa shape index (κ2) is 8.20. The maximum absolute atomic E-state index is 12.5. The van der Waals surface area contributed by atoms with Crippen LogP contribution in [0.15, 0.2) is 41.3 Å². The highest BCUT2D eigenvalue weighted by atomic mass is 35.5. The van der Waals surface area contributed by atoms with Crippen LogP contribution < -0.4 is 10.0 Å². The Balaban J connectivity index is 2.20. The summed E-state index contributed by atoms with van der Waals surface area (Å²) in [5.74, 6) is -0.349. The minimum atomic E-state index is -3.59. The predicted molar refractivity (Wildman–Crippen MR) is 105 cm³/mol. The van der Waals surface area contributed by atoms with E-state index in [-0.39, 0.29) is 16.8 Å². The number of amides is 1. The van der Waals surface area contributed by atoms with Crippen LogP contribution in [0.25, 0.3) is 0 Å². The molecule has 1 amide bonds. The van der Waals surface area contributed by atoms with E-state index in [2.05, 4.69) is 10.0 Å². The van der Waals surface area contributed by atoms with Gasteiger partial charge in [-0.3, -0.25) is 4.79 Å². The Hall–Kier alpha value is -1.89. The molecule has 0 aliphatic carbocycles. The predicted octanol–water partition coefficient (Wildman–Crippen LogP) is 4.29. The average Bonchev–Trinajstić information content (AvgIpc) is 2.57. The number of carbonyl (C=O) groups excluding carboxylic acids is 1. The molecule has 2 rings (SSSR count). The van der Waals surface area contributed by atoms with E-state index < -0.39 is 10.0 Å². The molecule has 0 heterocycles. The Morgan fingerprint density at radius 2 is 1.77 bits per heavy atom. The number of anilines is 1. The van der Waals surface area contributed by atoms with Crippen LogP contribution in [-0.2, 0) is 10.0 Å². The van der Waals surface area contributed by atoms with E-state index in [1.165, 1.54) is 24.3 Å². The molecule has 26 heavy (non-hydrogen) atoms. The van der Waals surface area contributed by atoms with E-state index in [1.54, 1.807) is 13.0 Å². The van der Waals surface area contributed by atoms with Gasteiger partial charge in [-0.2, -0.15) is 0 Å². The van der Waals surface area contributed by atoms with Crippen LogP contribution >= 0.6 is 11.6 Å². The highest BCUT2D eigenvalue weighted by Gasteiger charge is 2.17. The van der Waals surface area contributed by atoms with Gasteiger partial charge in [-0.15, -0.1) is 0 Å². The van der Waals surface area contributed by atoms with Crippen LogP contribution in [0.1, 0.15) is 41.8 Å². The number of benzene rings is 2. The van der Waals surface area contributed by atoms with Crippen LogP contribution in [0.5, 0.6) is 0 Å². The summed E-state index contributed by atoms with van der Waals surface area (Å²) in [5.41, 5.74) is 2.77. The molecule has 0 aromatic heterocycles. The molecule has 0 fully saturated rings. The van der Waals surface area contributed by atoms with Gasteiger partial charge in [-0.05, 0) is 68.7 Å². The summed E-state index contributed by atoms with van der Waals surface area (Å²) in [6.07, 6.45) is 0.691. The lowest BCUT2D eigenvalue weighted by Crippen LogP contribution is -2.32. The van der Waals surface area contributed by atoms with Crippen molar-refractivity contribution in [3.05, 3.63) is 58.1 Å². The number of rotatable bonds is 6. The highest BCUT2D eigenvalue weighted by molar-refractivity contribution is 7.89. The van der Waals surface area contributed by atoms with E-state index >= 15 is 0 Å². The third-order valence-corrected chi connectivity index (χ3v) is 5.97. The van der Waals surface area contributed by atoms with Gasteiger partial charge in [0.2, 0.25) is 10.0 Å². The molecule has 1 atom stereocenters. The van der Waals surface area contributed by atoms with Crippen molar-refractivity contribution in [3.8, 4) is 0 Å². The third-order valence-electron chi connectivity index (χ3n) is 4.07. The molecule has 5 nitrogen and oxygen atoms in total. The first kappa shape index (κ1) is 20.4. The first-order valence-electron chi connectivity index (χ1n) is 8.34. The standard InChI is InChI=1S/C19H23ClN2O3S/c1-5-14(4)22-26(24,25)16-8-6-15(7-9-16)19(23)21-18-13(3)10-12(2)11-17(18)20/h6-11,14,22H,5H2,1-4H3,(H,21,23)/t14-/m1/s1. The number of sulfonamides is 1. The molecule has 0 unspecified atom stereocenters. The van der Waals surface area contributed by atoms with Gasteiger partial charge in [-0.1, -0.05) is 24.6 Å². The maximum atomic E-state index is 12.5. The van der Waals surface area contributed by atoms with Crippen LogP contribution in [0, 0.1) is 13.8 Å². The first-order chi connectivity index (χ1) is 12.1. The molecule has 140 valence electrons. The van der Waals surface area contributed by atoms with Gasteiger partial charge in [-0.25, -0.2) is 13.1 Å². The van der Waals surface area contributed by atoms with Gasteiger partial charge in [0.05, 0.1) is 15.6 Å². The van der Waals surface area contributed by atoms with Crippen LogP contribution in [0.2, 0.25) is 5.02 Å². The maximum Gasteiger partial charge on any atom is 0.255 e. The summed E-state index contributed by atoms with van der Waals surface area (Å²) >= 11 is 6.21. The molecule has 0 aliphatic rings. The smallest absolute Gasteiger partial charge is 0.255 e. The van der Waals surface area contributed by atoms with Crippen LogP contribution in [0.3, 0.4) is 0 Å². The second-order valence-electron chi connectivity index (χ2n) is 6.35. The van der Waals surface area contributed by atoms with Crippen molar-refractivity contribution < 1.29 is 13.2 Å². The molecule has 0 saturated heterocycles. The lowest BCUT2D eigenvalue weighted by Gasteiger charge is -2.13. The number of hydrogen-bond donors (Lipinski definition) is 2. The van der Waals surface area contributed by atoms with Gasteiger partial charge < -0.3 is 5.32 Å². The summed E-state index contributed by atoms with van der Waals surface area (Å²) in [5, 5.41) is 3.25. The van der Waals surface area contributed by atoms with E-state index in [9.17, 15) is 13.2 Å². The average molecular weight is 395 g/mol. The van der Waals surface area contributed by atoms with Crippen molar-refractivity contribution in [1.29, 1.82) is 0 Å². The quantitative estimate of drug-likeness (QED) is 0.767. The number of aryl methyl sites for hydroxylation is 2. The Kier molecular flexibility index (Phi) is 6.44. The molecule has 2 N–H and O–H groups in total. The lowest BCUT2D eigenvalue weighted by molar-refractivity contribution is 0.102. The molecule has 0 saturated carbocycles. The molecule has 0 spiro atoms. The number of halogens is 1. The Bertz CT molecular complexity index is 886. The van der Waals surface area contributed by atoms with Crippen molar-refractivity contribution in [2.75, 3.05) is 5.32 Å². The molecule has 0 bridgehead atoms. The summed E-state index contributed by atoms with van der Waals surface area (Å²) in [7, 11) is -3.59. The van der Waals surface area contributed by atoms with Crippen molar-refractivity contribution >= 4 is 33.2 Å². The monoisotopic (exact) mass is 394 g/mol. The summed E-state index contributed by atoms with van der Waals surface area (Å²) < 4.78 is 27.1. The van der Waals surface area contributed by atoms with Crippen molar-refractivity contribution in [2.45, 2.75) is 45.1 Å². The molecular weight excluding hydrogens is 372 g/mol. The van der Waals surface area contributed by atoms with E-state index in [0.29, 0.717) is 22.7 Å². The Labute approximate surface area is 159 Å². The minimum Gasteiger partial charge on any atom is -0.320 e. The summed E-state index contributed by atoms with van der Waals surface area (Å²) in [6, 6.07) is 9.36. The molecule has 2 aromatic rings. The van der Waals surface area contributed by atoms with Gasteiger partial charge in [0.15, 0.2) is 0 Å². The fourth-order valence-corrected chi connectivity index (χ4v) is 4.16. The molecule has 0 radical (unpaired) electrons. The normalized spacial score (nSPS) is 12.7. The zero-order chi connectivity index (χ0) is 19.5. The van der Waals surface area contributed by atoms with E-state index in [4.69, 9.17) is 11.6 Å². The molecule has 2 aromatic carbocycles. The fourth-order valence-electron chi connectivity index (χ4n) is 2.46. The van der Waals surface area contributed by atoms with Gasteiger partial charge in [0.25, 0.3) is 5.91 Å². The lowest BCUT2D eigenvalue weighted by atomic mass is 10.1. The minimum absolute atomic E-state index is 0.124. The topological polar surface area (TPSA) is 75.3 Å². The Morgan fingerprint density at radius 3 is 2.31 bits per heavy atom. The van der Waals surface area contributed by atoms with Gasteiger partial charge >= 0.3 is 0 Å². The summed E-state index contributed by atoms with van der Waals surface area (Å²) in [4.78, 5) is 12.6. The third kappa shape index (κ3) is 4.84. The fraction of sp³-hybridized carbons (Fsp3) is 0.316.